The van der Waals surface area contributed by atoms with Crippen LogP contribution >= 0.6 is 0 Å². The van der Waals surface area contributed by atoms with Gasteiger partial charge in [0.2, 0.25) is 0 Å². The Bertz CT molecular complexity index is 854. The molecule has 3 rings (SSSR count). The average Bonchev–Trinajstić information content (AvgIpc) is 2.65. The molecule has 0 bridgehead atoms. The number of esters is 1. The second kappa shape index (κ2) is 8.64. The maximum atomic E-state index is 13.3. The predicted molar refractivity (Wildman–Crippen MR) is 98.8 cm³/mol. The topological polar surface area (TPSA) is 93.6 Å². The number of aromatic nitrogens is 2. The molecule has 0 saturated carbocycles. The molecule has 0 atom stereocenters. The van der Waals surface area contributed by atoms with Crippen LogP contribution in [0.1, 0.15) is 23.0 Å². The minimum Gasteiger partial charge on any atom is -0.486 e. The lowest BCUT2D eigenvalue weighted by Crippen LogP contribution is -2.54. The van der Waals surface area contributed by atoms with E-state index in [4.69, 9.17) is 9.47 Å². The summed E-state index contributed by atoms with van der Waals surface area (Å²) in [4.78, 5) is 33.5. The molecule has 1 fully saturated rings. The molecule has 8 nitrogen and oxygen atoms in total. The Morgan fingerprint density at radius 2 is 2.07 bits per heavy atom. The van der Waals surface area contributed by atoms with E-state index >= 15 is 0 Å². The van der Waals surface area contributed by atoms with Gasteiger partial charge in [0.05, 0.1) is 32.1 Å². The molecular formula is C19H21FN4O4. The van der Waals surface area contributed by atoms with Crippen molar-refractivity contribution in [1.82, 2.24) is 15.3 Å². The van der Waals surface area contributed by atoms with Crippen molar-refractivity contribution < 1.29 is 23.5 Å². The van der Waals surface area contributed by atoms with Crippen LogP contribution in [0.5, 0.6) is 5.75 Å². The van der Waals surface area contributed by atoms with Crippen molar-refractivity contribution in [1.29, 1.82) is 0 Å². The molecule has 0 spiro atoms. The van der Waals surface area contributed by atoms with E-state index in [1.165, 1.54) is 24.5 Å². The Morgan fingerprint density at radius 1 is 1.29 bits per heavy atom. The lowest BCUT2D eigenvalue weighted by atomic mass is 10.1. The number of anilines is 1. The highest BCUT2D eigenvalue weighted by Gasteiger charge is 2.30. The second-order valence-corrected chi connectivity index (χ2v) is 6.30. The Hall–Kier alpha value is -3.23. The SMILES string of the molecule is CCOC(=O)CNC(=O)c1cnc(N2CC(Oc3cc(F)ccc3C)C2)cn1. The van der Waals surface area contributed by atoms with E-state index in [1.54, 1.807) is 13.0 Å². The van der Waals surface area contributed by atoms with Gasteiger partial charge in [-0.1, -0.05) is 6.07 Å². The molecule has 1 saturated heterocycles. The lowest BCUT2D eigenvalue weighted by Gasteiger charge is -2.39. The highest BCUT2D eigenvalue weighted by atomic mass is 19.1. The van der Waals surface area contributed by atoms with Crippen LogP contribution in [0.15, 0.2) is 30.6 Å². The normalized spacial score (nSPS) is 13.6. The fraction of sp³-hybridized carbons (Fsp3) is 0.368. The number of nitrogens with zero attached hydrogens (tertiary/aromatic N) is 3. The number of hydrogen-bond donors (Lipinski definition) is 1. The van der Waals surface area contributed by atoms with E-state index in [0.29, 0.717) is 24.7 Å². The molecule has 148 valence electrons. The number of carbonyl (C=O) groups excluding carboxylic acids is 2. The van der Waals surface area contributed by atoms with Crippen LogP contribution in [0.25, 0.3) is 0 Å². The average molecular weight is 388 g/mol. The van der Waals surface area contributed by atoms with Gasteiger partial charge in [0.15, 0.2) is 0 Å². The summed E-state index contributed by atoms with van der Waals surface area (Å²) in [5.74, 6) is -0.208. The summed E-state index contributed by atoms with van der Waals surface area (Å²) in [7, 11) is 0. The molecular weight excluding hydrogens is 367 g/mol. The van der Waals surface area contributed by atoms with Gasteiger partial charge in [0.1, 0.15) is 35.7 Å². The smallest absolute Gasteiger partial charge is 0.325 e. The van der Waals surface area contributed by atoms with Gasteiger partial charge < -0.3 is 19.7 Å². The lowest BCUT2D eigenvalue weighted by molar-refractivity contribution is -0.141. The van der Waals surface area contributed by atoms with E-state index in [2.05, 4.69) is 15.3 Å². The fourth-order valence-corrected chi connectivity index (χ4v) is 2.64. The zero-order valence-corrected chi connectivity index (χ0v) is 15.6. The first-order chi connectivity index (χ1) is 13.5. The van der Waals surface area contributed by atoms with Crippen LogP contribution in [0.2, 0.25) is 0 Å². The third-order valence-corrected chi connectivity index (χ3v) is 4.19. The van der Waals surface area contributed by atoms with E-state index in [9.17, 15) is 14.0 Å². The molecule has 0 radical (unpaired) electrons. The van der Waals surface area contributed by atoms with E-state index in [-0.39, 0.29) is 30.8 Å². The Morgan fingerprint density at radius 3 is 2.75 bits per heavy atom. The number of amides is 1. The summed E-state index contributed by atoms with van der Waals surface area (Å²) in [6.07, 6.45) is 2.76. The van der Waals surface area contributed by atoms with Crippen LogP contribution in [0, 0.1) is 12.7 Å². The zero-order valence-electron chi connectivity index (χ0n) is 15.6. The number of hydrogen-bond acceptors (Lipinski definition) is 7. The van der Waals surface area contributed by atoms with Crippen LogP contribution in [-0.2, 0) is 9.53 Å². The summed E-state index contributed by atoms with van der Waals surface area (Å²) in [6, 6.07) is 4.45. The second-order valence-electron chi connectivity index (χ2n) is 6.30. The highest BCUT2D eigenvalue weighted by Crippen LogP contribution is 2.25. The maximum Gasteiger partial charge on any atom is 0.325 e. The van der Waals surface area contributed by atoms with Crippen molar-refractivity contribution in [2.75, 3.05) is 31.1 Å². The first-order valence-electron chi connectivity index (χ1n) is 8.90. The molecule has 2 heterocycles. The van der Waals surface area contributed by atoms with Crippen molar-refractivity contribution in [3.8, 4) is 5.75 Å². The predicted octanol–water partition coefficient (Wildman–Crippen LogP) is 1.48. The first-order valence-corrected chi connectivity index (χ1v) is 8.90. The maximum absolute atomic E-state index is 13.3. The molecule has 9 heteroatoms. The minimum atomic E-state index is -0.513. The largest absolute Gasteiger partial charge is 0.486 e. The van der Waals surface area contributed by atoms with Crippen molar-refractivity contribution >= 4 is 17.7 Å². The molecule has 28 heavy (non-hydrogen) atoms. The number of rotatable bonds is 7. The Kier molecular flexibility index (Phi) is 6.03. The monoisotopic (exact) mass is 388 g/mol. The molecule has 1 amide bonds. The van der Waals surface area contributed by atoms with Crippen molar-refractivity contribution in [3.05, 3.63) is 47.7 Å². The van der Waals surface area contributed by atoms with E-state index < -0.39 is 11.9 Å². The number of nitrogens with one attached hydrogen (secondary N) is 1. The van der Waals surface area contributed by atoms with Crippen molar-refractivity contribution in [3.63, 3.8) is 0 Å². The summed E-state index contributed by atoms with van der Waals surface area (Å²) in [5.41, 5.74) is 0.981. The van der Waals surface area contributed by atoms with Crippen LogP contribution in [-0.4, -0.2) is 54.2 Å². The molecule has 1 aliphatic heterocycles. The number of ether oxygens (including phenoxy) is 2. The Labute approximate surface area is 161 Å². The molecule has 1 N–H and O–H groups in total. The molecule has 0 unspecified atom stereocenters. The number of carbonyl (C=O) groups is 2. The van der Waals surface area contributed by atoms with Crippen molar-refractivity contribution in [2.45, 2.75) is 20.0 Å². The van der Waals surface area contributed by atoms with Gasteiger partial charge in [-0.25, -0.2) is 14.4 Å². The van der Waals surface area contributed by atoms with E-state index in [0.717, 1.165) is 5.56 Å². The number of halogens is 1. The molecule has 1 aromatic carbocycles. The molecule has 1 aliphatic rings. The summed E-state index contributed by atoms with van der Waals surface area (Å²) in [6.45, 7) is 4.75. The standard InChI is InChI=1S/C19H21FN4O4/c1-3-27-18(25)9-23-19(26)15-7-22-17(8-21-15)24-10-14(11-24)28-16-6-13(20)5-4-12(16)2/h4-8,14H,3,9-11H2,1-2H3,(H,23,26). The molecule has 1 aromatic heterocycles. The number of benzene rings is 1. The van der Waals surface area contributed by atoms with Crippen LogP contribution < -0.4 is 15.0 Å². The fourth-order valence-electron chi connectivity index (χ4n) is 2.64. The van der Waals surface area contributed by atoms with Gasteiger partial charge in [-0.3, -0.25) is 9.59 Å². The Balaban J connectivity index is 1.49. The van der Waals surface area contributed by atoms with Gasteiger partial charge in [0, 0.05) is 6.07 Å². The summed E-state index contributed by atoms with van der Waals surface area (Å²) in [5, 5.41) is 2.42. The van der Waals surface area contributed by atoms with Gasteiger partial charge in [-0.15, -0.1) is 0 Å². The van der Waals surface area contributed by atoms with Crippen molar-refractivity contribution in [2.24, 2.45) is 0 Å². The van der Waals surface area contributed by atoms with E-state index in [1.807, 2.05) is 11.8 Å². The quantitative estimate of drug-likeness (QED) is 0.718. The summed E-state index contributed by atoms with van der Waals surface area (Å²) >= 11 is 0. The van der Waals surface area contributed by atoms with Gasteiger partial charge >= 0.3 is 5.97 Å². The summed E-state index contributed by atoms with van der Waals surface area (Å²) < 4.78 is 23.9. The zero-order chi connectivity index (χ0) is 20.1. The third kappa shape index (κ3) is 4.73. The first kappa shape index (κ1) is 19.5. The third-order valence-electron chi connectivity index (χ3n) is 4.19. The highest BCUT2D eigenvalue weighted by molar-refractivity contribution is 5.94. The van der Waals surface area contributed by atoms with Gasteiger partial charge in [0.25, 0.3) is 5.91 Å². The molecule has 2 aromatic rings. The van der Waals surface area contributed by atoms with Crippen LogP contribution in [0.3, 0.4) is 0 Å². The molecule has 0 aliphatic carbocycles. The van der Waals surface area contributed by atoms with Crippen LogP contribution in [0.4, 0.5) is 10.2 Å². The minimum absolute atomic E-state index is 0.0742. The number of aryl methyl sites for hydroxylation is 1. The van der Waals surface area contributed by atoms with Gasteiger partial charge in [-0.05, 0) is 25.5 Å². The van der Waals surface area contributed by atoms with Gasteiger partial charge in [-0.2, -0.15) is 0 Å².